The van der Waals surface area contributed by atoms with Crippen LogP contribution in [0.1, 0.15) is 33.1 Å². The zero-order valence-electron chi connectivity index (χ0n) is 10.7. The summed E-state index contributed by atoms with van der Waals surface area (Å²) in [5.41, 5.74) is 9.79. The van der Waals surface area contributed by atoms with Crippen LogP contribution < -0.4 is 11.5 Å². The largest absolute Gasteiger partial charge is 0.409 e. The maximum absolute atomic E-state index is 12.5. The lowest BCUT2D eigenvalue weighted by Crippen LogP contribution is -2.58. The molecule has 0 radical (unpaired) electrons. The summed E-state index contributed by atoms with van der Waals surface area (Å²) in [5.74, 6) is -0.960. The Morgan fingerprint density at radius 3 is 2.22 bits per heavy atom. The highest BCUT2D eigenvalue weighted by molar-refractivity contribution is 6.08. The summed E-state index contributed by atoms with van der Waals surface area (Å²) in [6.07, 6.45) is 1.90. The fourth-order valence-corrected chi connectivity index (χ4v) is 2.14. The molecule has 0 aromatic heterocycles. The molecular formula is C11H20N4O3. The number of nitrogens with zero attached hydrogens (tertiary/aromatic N) is 2. The Hall–Kier alpha value is -1.79. The van der Waals surface area contributed by atoms with Gasteiger partial charge in [0.15, 0.2) is 5.84 Å². The molecule has 102 valence electrons. The smallest absolute Gasteiger partial charge is 0.237 e. The molecule has 7 nitrogen and oxygen atoms in total. The summed E-state index contributed by atoms with van der Waals surface area (Å²) in [6, 6.07) is -0.172. The average molecular weight is 256 g/mol. The third-order valence-electron chi connectivity index (χ3n) is 3.42. The Morgan fingerprint density at radius 1 is 1.39 bits per heavy atom. The Labute approximate surface area is 106 Å². The van der Waals surface area contributed by atoms with Crippen molar-refractivity contribution in [1.29, 1.82) is 0 Å². The van der Waals surface area contributed by atoms with E-state index >= 15 is 0 Å². The topological polar surface area (TPSA) is 122 Å². The number of amidine groups is 1. The van der Waals surface area contributed by atoms with Gasteiger partial charge >= 0.3 is 0 Å². The van der Waals surface area contributed by atoms with Gasteiger partial charge in [-0.25, -0.2) is 0 Å². The van der Waals surface area contributed by atoms with Crippen LogP contribution in [0.25, 0.3) is 0 Å². The predicted molar refractivity (Wildman–Crippen MR) is 65.7 cm³/mol. The minimum absolute atomic E-state index is 0.0890. The highest BCUT2D eigenvalue weighted by Gasteiger charge is 2.50. The molecule has 1 saturated carbocycles. The van der Waals surface area contributed by atoms with Crippen LogP contribution >= 0.6 is 0 Å². The van der Waals surface area contributed by atoms with Gasteiger partial charge in [-0.05, 0) is 26.7 Å². The van der Waals surface area contributed by atoms with Crippen molar-refractivity contribution in [3.05, 3.63) is 0 Å². The SMILES string of the molecule is CC(C)N(CC(N)=O)C(=O)C1(C(N)=NO)CCC1. The van der Waals surface area contributed by atoms with Crippen LogP contribution in [0.4, 0.5) is 0 Å². The molecule has 0 saturated heterocycles. The van der Waals surface area contributed by atoms with Gasteiger partial charge in [-0.2, -0.15) is 0 Å². The van der Waals surface area contributed by atoms with E-state index in [1.54, 1.807) is 13.8 Å². The third-order valence-corrected chi connectivity index (χ3v) is 3.42. The number of carbonyl (C=O) groups is 2. The lowest BCUT2D eigenvalue weighted by Gasteiger charge is -2.43. The van der Waals surface area contributed by atoms with E-state index in [1.807, 2.05) is 0 Å². The van der Waals surface area contributed by atoms with Crippen molar-refractivity contribution in [3.8, 4) is 0 Å². The van der Waals surface area contributed by atoms with E-state index in [0.29, 0.717) is 12.8 Å². The molecule has 0 aliphatic heterocycles. The van der Waals surface area contributed by atoms with Gasteiger partial charge in [-0.15, -0.1) is 0 Å². The molecule has 0 atom stereocenters. The summed E-state index contributed by atoms with van der Waals surface area (Å²) in [6.45, 7) is 3.43. The number of oxime groups is 1. The summed E-state index contributed by atoms with van der Waals surface area (Å²) >= 11 is 0. The number of nitrogens with two attached hydrogens (primary N) is 2. The minimum Gasteiger partial charge on any atom is -0.409 e. The maximum Gasteiger partial charge on any atom is 0.237 e. The van der Waals surface area contributed by atoms with Crippen LogP contribution in [-0.4, -0.2) is 40.3 Å². The van der Waals surface area contributed by atoms with Gasteiger partial charge in [0.2, 0.25) is 11.8 Å². The van der Waals surface area contributed by atoms with E-state index in [0.717, 1.165) is 6.42 Å². The molecule has 5 N–H and O–H groups in total. The van der Waals surface area contributed by atoms with Crippen molar-refractivity contribution >= 4 is 17.6 Å². The second-order valence-electron chi connectivity index (χ2n) is 4.91. The van der Waals surface area contributed by atoms with Crippen LogP contribution in [0.15, 0.2) is 5.16 Å². The average Bonchev–Trinajstić information content (AvgIpc) is 2.23. The lowest BCUT2D eigenvalue weighted by molar-refractivity contribution is -0.146. The van der Waals surface area contributed by atoms with Crippen molar-refractivity contribution in [2.75, 3.05) is 6.54 Å². The zero-order chi connectivity index (χ0) is 13.9. The van der Waals surface area contributed by atoms with Crippen molar-refractivity contribution in [3.63, 3.8) is 0 Å². The molecule has 0 unspecified atom stereocenters. The first-order valence-corrected chi connectivity index (χ1v) is 5.92. The first kappa shape index (κ1) is 14.3. The Bertz CT molecular complexity index is 374. The highest BCUT2D eigenvalue weighted by Crippen LogP contribution is 2.43. The molecule has 0 bridgehead atoms. The summed E-state index contributed by atoms with van der Waals surface area (Å²) < 4.78 is 0. The van der Waals surface area contributed by atoms with Gasteiger partial charge in [0, 0.05) is 6.04 Å². The summed E-state index contributed by atoms with van der Waals surface area (Å²) in [4.78, 5) is 24.9. The van der Waals surface area contributed by atoms with E-state index < -0.39 is 11.3 Å². The molecule has 0 aromatic carbocycles. The second kappa shape index (κ2) is 5.24. The first-order valence-electron chi connectivity index (χ1n) is 5.92. The fourth-order valence-electron chi connectivity index (χ4n) is 2.14. The molecule has 1 fully saturated rings. The van der Waals surface area contributed by atoms with Crippen LogP contribution in [0.3, 0.4) is 0 Å². The Balaban J connectivity index is 2.98. The van der Waals surface area contributed by atoms with Crippen LogP contribution in [0, 0.1) is 5.41 Å². The molecule has 0 spiro atoms. The van der Waals surface area contributed by atoms with Crippen LogP contribution in [0.5, 0.6) is 0 Å². The quantitative estimate of drug-likeness (QED) is 0.269. The van der Waals surface area contributed by atoms with Gasteiger partial charge in [0.05, 0.1) is 6.54 Å². The third kappa shape index (κ3) is 2.39. The number of hydrogen-bond acceptors (Lipinski definition) is 4. The number of hydrogen-bond donors (Lipinski definition) is 3. The lowest BCUT2D eigenvalue weighted by atomic mass is 9.66. The molecule has 0 heterocycles. The first-order chi connectivity index (χ1) is 8.35. The summed E-state index contributed by atoms with van der Waals surface area (Å²) in [5, 5.41) is 11.7. The van der Waals surface area contributed by atoms with E-state index in [1.165, 1.54) is 4.90 Å². The van der Waals surface area contributed by atoms with Gasteiger partial charge in [-0.1, -0.05) is 11.6 Å². The number of rotatable bonds is 5. The molecule has 1 aliphatic rings. The number of primary amides is 1. The molecule has 1 aliphatic carbocycles. The number of amides is 2. The minimum atomic E-state index is -0.964. The van der Waals surface area contributed by atoms with Gasteiger partial charge in [0.25, 0.3) is 0 Å². The molecule has 0 aromatic rings. The van der Waals surface area contributed by atoms with Crippen LogP contribution in [0.2, 0.25) is 0 Å². The highest BCUT2D eigenvalue weighted by atomic mass is 16.4. The van der Waals surface area contributed by atoms with E-state index in [4.69, 9.17) is 16.7 Å². The summed E-state index contributed by atoms with van der Waals surface area (Å²) in [7, 11) is 0. The Morgan fingerprint density at radius 2 is 1.94 bits per heavy atom. The van der Waals surface area contributed by atoms with E-state index in [2.05, 4.69) is 5.16 Å². The zero-order valence-corrected chi connectivity index (χ0v) is 10.7. The van der Waals surface area contributed by atoms with Gasteiger partial charge < -0.3 is 21.6 Å². The van der Waals surface area contributed by atoms with Crippen molar-refractivity contribution in [2.24, 2.45) is 22.0 Å². The second-order valence-corrected chi connectivity index (χ2v) is 4.91. The Kier molecular flexibility index (Phi) is 4.15. The van der Waals surface area contributed by atoms with E-state index in [9.17, 15) is 9.59 Å². The maximum atomic E-state index is 12.5. The normalized spacial score (nSPS) is 18.3. The monoisotopic (exact) mass is 256 g/mol. The van der Waals surface area contributed by atoms with E-state index in [-0.39, 0.29) is 24.3 Å². The number of carbonyl (C=O) groups excluding carboxylic acids is 2. The predicted octanol–water partition coefficient (Wildman–Crippen LogP) is -0.375. The molecule has 7 heteroatoms. The van der Waals surface area contributed by atoms with Crippen molar-refractivity contribution < 1.29 is 14.8 Å². The molecule has 2 amide bonds. The molecule has 1 rings (SSSR count). The van der Waals surface area contributed by atoms with Gasteiger partial charge in [-0.3, -0.25) is 9.59 Å². The van der Waals surface area contributed by atoms with Crippen LogP contribution in [-0.2, 0) is 9.59 Å². The molecule has 18 heavy (non-hydrogen) atoms. The fraction of sp³-hybridized carbons (Fsp3) is 0.727. The molecular weight excluding hydrogens is 236 g/mol. The van der Waals surface area contributed by atoms with Crippen molar-refractivity contribution in [2.45, 2.75) is 39.2 Å². The van der Waals surface area contributed by atoms with Gasteiger partial charge in [0.1, 0.15) is 5.41 Å². The van der Waals surface area contributed by atoms with Crippen molar-refractivity contribution in [1.82, 2.24) is 4.90 Å². The standard InChI is InChI=1S/C11H20N4O3/c1-7(2)15(6-8(12)16)10(17)11(4-3-5-11)9(13)14-18/h7,18H,3-6H2,1-2H3,(H2,12,16)(H2,13,14).